The van der Waals surface area contributed by atoms with Gasteiger partial charge in [-0.25, -0.2) is 9.37 Å². The van der Waals surface area contributed by atoms with Crippen LogP contribution in [-0.4, -0.2) is 27.7 Å². The van der Waals surface area contributed by atoms with Gasteiger partial charge >= 0.3 is 0 Å². The molecule has 7 nitrogen and oxygen atoms in total. The number of hydrogen-bond acceptors (Lipinski definition) is 5. The number of likely N-dealkylation sites (N-methyl/N-ethyl adjacent to an activating group) is 1. The smallest absolute Gasteiger partial charge is 0.267 e. The molecule has 146 valence electrons. The molecular weight excluding hydrogens is 399 g/mol. The molecule has 4 rings (SSSR count). The molecule has 0 saturated carbocycles. The van der Waals surface area contributed by atoms with Crippen molar-refractivity contribution in [2.24, 2.45) is 0 Å². The van der Waals surface area contributed by atoms with E-state index >= 15 is 0 Å². The maximum Gasteiger partial charge on any atom is 0.267 e. The minimum Gasteiger partial charge on any atom is -0.335 e. The highest BCUT2D eigenvalue weighted by Gasteiger charge is 2.20. The molecule has 0 spiro atoms. The van der Waals surface area contributed by atoms with E-state index in [0.717, 1.165) is 0 Å². The van der Waals surface area contributed by atoms with Gasteiger partial charge in [0.25, 0.3) is 11.3 Å². The topological polar surface area (TPSA) is 81.2 Å². The number of amides is 1. The van der Waals surface area contributed by atoms with E-state index in [4.69, 9.17) is 16.1 Å². The van der Waals surface area contributed by atoms with E-state index < -0.39 is 11.4 Å². The first-order valence-corrected chi connectivity index (χ1v) is 8.95. The SMILES string of the molecule is CN(C(=O)Cn1cnc2onc(-c3ccc(F)cc3)c2c1=O)c1ccccc1Cl. The molecular formula is C20H14ClFN4O3. The van der Waals surface area contributed by atoms with Crippen LogP contribution in [-0.2, 0) is 11.3 Å². The van der Waals surface area contributed by atoms with E-state index in [9.17, 15) is 14.0 Å². The van der Waals surface area contributed by atoms with E-state index in [1.165, 1.54) is 40.1 Å². The van der Waals surface area contributed by atoms with Crippen LogP contribution >= 0.6 is 11.6 Å². The Kier molecular flexibility index (Phi) is 4.85. The maximum absolute atomic E-state index is 13.2. The summed E-state index contributed by atoms with van der Waals surface area (Å²) < 4.78 is 19.5. The zero-order valence-corrected chi connectivity index (χ0v) is 15.9. The third-order valence-electron chi connectivity index (χ3n) is 4.47. The van der Waals surface area contributed by atoms with E-state index in [0.29, 0.717) is 16.3 Å². The van der Waals surface area contributed by atoms with Crippen molar-refractivity contribution in [2.45, 2.75) is 6.54 Å². The molecule has 2 aromatic heterocycles. The Morgan fingerprint density at radius 2 is 1.93 bits per heavy atom. The zero-order valence-electron chi connectivity index (χ0n) is 15.2. The maximum atomic E-state index is 13.2. The third-order valence-corrected chi connectivity index (χ3v) is 4.79. The lowest BCUT2D eigenvalue weighted by molar-refractivity contribution is -0.118. The number of rotatable bonds is 4. The molecule has 0 fully saturated rings. The number of halogens is 2. The van der Waals surface area contributed by atoms with Gasteiger partial charge in [-0.2, -0.15) is 0 Å². The lowest BCUT2D eigenvalue weighted by Crippen LogP contribution is -2.34. The third kappa shape index (κ3) is 3.50. The summed E-state index contributed by atoms with van der Waals surface area (Å²) in [6, 6.07) is 12.4. The number of fused-ring (bicyclic) bond motifs is 1. The van der Waals surface area contributed by atoms with Crippen molar-refractivity contribution in [3.63, 3.8) is 0 Å². The average Bonchev–Trinajstić information content (AvgIpc) is 3.15. The first-order chi connectivity index (χ1) is 14.0. The highest BCUT2D eigenvalue weighted by atomic mass is 35.5. The van der Waals surface area contributed by atoms with Gasteiger partial charge in [-0.1, -0.05) is 28.9 Å². The quantitative estimate of drug-likeness (QED) is 0.512. The van der Waals surface area contributed by atoms with Crippen LogP contribution in [0.4, 0.5) is 10.1 Å². The Balaban J connectivity index is 1.70. The zero-order chi connectivity index (χ0) is 20.5. The predicted octanol–water partition coefficient (Wildman–Crippen LogP) is 3.51. The van der Waals surface area contributed by atoms with Crippen molar-refractivity contribution < 1.29 is 13.7 Å². The number of hydrogen-bond donors (Lipinski definition) is 0. The molecule has 1 amide bonds. The molecule has 0 saturated heterocycles. The Morgan fingerprint density at radius 3 is 2.66 bits per heavy atom. The molecule has 0 atom stereocenters. The number of carbonyl (C=O) groups is 1. The van der Waals surface area contributed by atoms with E-state index in [-0.39, 0.29) is 29.2 Å². The largest absolute Gasteiger partial charge is 0.335 e. The first kappa shape index (κ1) is 18.8. The Labute approximate surface area is 168 Å². The second kappa shape index (κ2) is 7.48. The Hall–Kier alpha value is -3.52. The molecule has 0 radical (unpaired) electrons. The van der Waals surface area contributed by atoms with Gasteiger partial charge in [0.15, 0.2) is 0 Å². The first-order valence-electron chi connectivity index (χ1n) is 8.57. The second-order valence-electron chi connectivity index (χ2n) is 6.30. The predicted molar refractivity (Wildman–Crippen MR) is 106 cm³/mol. The summed E-state index contributed by atoms with van der Waals surface area (Å²) in [6.07, 6.45) is 1.22. The highest BCUT2D eigenvalue weighted by molar-refractivity contribution is 6.33. The van der Waals surface area contributed by atoms with Gasteiger partial charge in [0.05, 0.1) is 10.7 Å². The lowest BCUT2D eigenvalue weighted by Gasteiger charge is -2.19. The highest BCUT2D eigenvalue weighted by Crippen LogP contribution is 2.25. The molecule has 0 aliphatic carbocycles. The second-order valence-corrected chi connectivity index (χ2v) is 6.71. The van der Waals surface area contributed by atoms with Gasteiger partial charge < -0.3 is 9.42 Å². The monoisotopic (exact) mass is 412 g/mol. The summed E-state index contributed by atoms with van der Waals surface area (Å²) in [4.78, 5) is 31.1. The van der Waals surface area contributed by atoms with Gasteiger partial charge in [0.1, 0.15) is 29.8 Å². The number of carbonyl (C=O) groups excluding carboxylic acids is 1. The number of benzene rings is 2. The van der Waals surface area contributed by atoms with Crippen molar-refractivity contribution in [1.29, 1.82) is 0 Å². The summed E-state index contributed by atoms with van der Waals surface area (Å²) in [5.74, 6) is -0.772. The number of aromatic nitrogens is 3. The van der Waals surface area contributed by atoms with Crippen LogP contribution in [0.1, 0.15) is 0 Å². The van der Waals surface area contributed by atoms with E-state index in [2.05, 4.69) is 10.1 Å². The van der Waals surface area contributed by atoms with Crippen LogP contribution in [0.25, 0.3) is 22.4 Å². The molecule has 9 heteroatoms. The molecule has 0 N–H and O–H groups in total. The van der Waals surface area contributed by atoms with Crippen molar-refractivity contribution >= 4 is 34.3 Å². The van der Waals surface area contributed by atoms with E-state index in [1.54, 1.807) is 31.3 Å². The summed E-state index contributed by atoms with van der Waals surface area (Å²) in [6.45, 7) is -0.252. The van der Waals surface area contributed by atoms with Crippen LogP contribution < -0.4 is 10.5 Å². The summed E-state index contributed by atoms with van der Waals surface area (Å²) in [5, 5.41) is 4.42. The lowest BCUT2D eigenvalue weighted by atomic mass is 10.1. The fraction of sp³-hybridized carbons (Fsp3) is 0.100. The summed E-state index contributed by atoms with van der Waals surface area (Å²) >= 11 is 6.14. The number of para-hydroxylation sites is 1. The van der Waals surface area contributed by atoms with Gasteiger partial charge in [-0.15, -0.1) is 0 Å². The minimum atomic E-state index is -0.489. The van der Waals surface area contributed by atoms with Crippen LogP contribution in [0.5, 0.6) is 0 Å². The van der Waals surface area contributed by atoms with Crippen molar-refractivity contribution in [2.75, 3.05) is 11.9 Å². The molecule has 0 bridgehead atoms. The van der Waals surface area contributed by atoms with Crippen molar-refractivity contribution in [3.05, 3.63) is 76.1 Å². The van der Waals surface area contributed by atoms with Crippen LogP contribution in [0, 0.1) is 5.82 Å². The fourth-order valence-electron chi connectivity index (χ4n) is 2.91. The normalized spacial score (nSPS) is 11.0. The Morgan fingerprint density at radius 1 is 1.21 bits per heavy atom. The van der Waals surface area contributed by atoms with Gasteiger partial charge in [-0.05, 0) is 36.4 Å². The molecule has 0 aliphatic rings. The van der Waals surface area contributed by atoms with E-state index in [1.807, 2.05) is 0 Å². The van der Waals surface area contributed by atoms with Gasteiger partial charge in [0, 0.05) is 12.6 Å². The average molecular weight is 413 g/mol. The van der Waals surface area contributed by atoms with Crippen molar-refractivity contribution in [1.82, 2.24) is 14.7 Å². The van der Waals surface area contributed by atoms with Crippen molar-refractivity contribution in [3.8, 4) is 11.3 Å². The molecule has 2 heterocycles. The fourth-order valence-corrected chi connectivity index (χ4v) is 3.17. The molecule has 0 unspecified atom stereocenters. The van der Waals surface area contributed by atoms with Gasteiger partial charge in [-0.3, -0.25) is 14.2 Å². The van der Waals surface area contributed by atoms with Crippen LogP contribution in [0.2, 0.25) is 5.02 Å². The number of nitrogens with zero attached hydrogens (tertiary/aromatic N) is 4. The Bertz CT molecular complexity index is 1270. The molecule has 2 aromatic carbocycles. The summed E-state index contributed by atoms with van der Waals surface area (Å²) in [7, 11) is 1.57. The molecule has 0 aliphatic heterocycles. The standard InChI is InChI=1S/C20H14ClFN4O3/c1-25(15-5-3-2-4-14(15)21)16(27)10-26-11-23-19-17(20(26)28)18(24-29-19)12-6-8-13(22)9-7-12/h2-9,11H,10H2,1H3. The minimum absolute atomic E-state index is 0.0393. The number of anilines is 1. The van der Waals surface area contributed by atoms with Gasteiger partial charge in [0.2, 0.25) is 5.91 Å². The molecule has 29 heavy (non-hydrogen) atoms. The molecule has 4 aromatic rings. The summed E-state index contributed by atoms with van der Waals surface area (Å²) in [5.41, 5.74) is 0.812. The van der Waals surface area contributed by atoms with Crippen LogP contribution in [0.3, 0.4) is 0 Å². The van der Waals surface area contributed by atoms with Crippen LogP contribution in [0.15, 0.2) is 64.2 Å².